The molecule has 2 rings (SSSR count). The predicted octanol–water partition coefficient (Wildman–Crippen LogP) is 5.02. The quantitative estimate of drug-likeness (QED) is 0.842. The molecule has 0 radical (unpaired) electrons. The summed E-state index contributed by atoms with van der Waals surface area (Å²) in [5.41, 5.74) is 8.29. The minimum atomic E-state index is 0.153. The molecule has 3 nitrogen and oxygen atoms in total. The summed E-state index contributed by atoms with van der Waals surface area (Å²) in [7, 11) is 0. The number of nitrogen functional groups attached to an aromatic ring is 1. The average Bonchev–Trinajstić information content (AvgIpc) is 2.80. The summed E-state index contributed by atoms with van der Waals surface area (Å²) in [5.74, 6) is 0.863. The Balaban J connectivity index is 2.00. The van der Waals surface area contributed by atoms with Gasteiger partial charge in [-0.3, -0.25) is 0 Å². The fourth-order valence-corrected chi connectivity index (χ4v) is 3.52. The van der Waals surface area contributed by atoms with Crippen LogP contribution < -0.4 is 10.5 Å². The molecule has 2 aromatic rings. The highest BCUT2D eigenvalue weighted by Gasteiger charge is 2.27. The van der Waals surface area contributed by atoms with Crippen LogP contribution in [-0.2, 0) is 12.0 Å². The van der Waals surface area contributed by atoms with Gasteiger partial charge in [0.15, 0.2) is 5.13 Å². The molecule has 0 fully saturated rings. The summed E-state index contributed by atoms with van der Waals surface area (Å²) in [6, 6.07) is 8.40. The lowest BCUT2D eigenvalue weighted by Gasteiger charge is -2.33. The molecule has 2 N–H and O–H groups in total. The van der Waals surface area contributed by atoms with Gasteiger partial charge in [0, 0.05) is 5.38 Å². The molecule has 0 amide bonds. The van der Waals surface area contributed by atoms with Crippen molar-refractivity contribution in [3.05, 3.63) is 40.9 Å². The third-order valence-corrected chi connectivity index (χ3v) is 4.29. The second kappa shape index (κ2) is 6.29. The number of aromatic nitrogens is 1. The fourth-order valence-electron chi connectivity index (χ4n) is 2.98. The lowest BCUT2D eigenvalue weighted by Crippen LogP contribution is -2.24. The van der Waals surface area contributed by atoms with Crippen molar-refractivity contribution in [2.24, 2.45) is 5.41 Å². The lowest BCUT2D eigenvalue weighted by atomic mass is 9.72. The van der Waals surface area contributed by atoms with E-state index in [1.54, 1.807) is 0 Å². The normalized spacial score (nSPS) is 12.4. The molecule has 0 aliphatic heterocycles. The van der Waals surface area contributed by atoms with Crippen LogP contribution >= 0.6 is 11.3 Å². The van der Waals surface area contributed by atoms with E-state index in [-0.39, 0.29) is 5.41 Å². The second-order valence-electron chi connectivity index (χ2n) is 7.61. The number of anilines is 1. The SMILES string of the molecule is CC(C)(C)CC(C)(C)c1ccc(OCc2csc(N)n2)cc1. The number of thiazole rings is 1. The first-order valence-corrected chi connectivity index (χ1v) is 8.47. The van der Waals surface area contributed by atoms with E-state index in [0.717, 1.165) is 17.9 Å². The molecule has 0 bridgehead atoms. The molecule has 4 heteroatoms. The Morgan fingerprint density at radius 2 is 1.73 bits per heavy atom. The van der Waals surface area contributed by atoms with Gasteiger partial charge in [0.1, 0.15) is 12.4 Å². The van der Waals surface area contributed by atoms with E-state index in [9.17, 15) is 0 Å². The number of benzene rings is 1. The van der Waals surface area contributed by atoms with Crippen LogP contribution in [0.1, 0.15) is 52.3 Å². The van der Waals surface area contributed by atoms with E-state index in [0.29, 0.717) is 17.2 Å². The summed E-state index contributed by atoms with van der Waals surface area (Å²) in [6.07, 6.45) is 1.14. The molecule has 120 valence electrons. The van der Waals surface area contributed by atoms with Crippen LogP contribution in [0, 0.1) is 5.41 Å². The summed E-state index contributed by atoms with van der Waals surface area (Å²) in [4.78, 5) is 4.19. The van der Waals surface area contributed by atoms with Gasteiger partial charge in [-0.05, 0) is 34.9 Å². The molecule has 0 aliphatic carbocycles. The molecule has 0 atom stereocenters. The minimum Gasteiger partial charge on any atom is -0.487 e. The Hall–Kier alpha value is -1.55. The maximum atomic E-state index is 5.76. The zero-order valence-corrected chi connectivity index (χ0v) is 15.0. The summed E-state index contributed by atoms with van der Waals surface area (Å²) in [6.45, 7) is 11.9. The van der Waals surface area contributed by atoms with E-state index in [1.165, 1.54) is 16.9 Å². The van der Waals surface area contributed by atoms with Crippen molar-refractivity contribution >= 4 is 16.5 Å². The van der Waals surface area contributed by atoms with Crippen LogP contribution in [0.15, 0.2) is 29.6 Å². The molecule has 1 aromatic heterocycles. The summed E-state index contributed by atoms with van der Waals surface area (Å²) in [5, 5.41) is 2.51. The van der Waals surface area contributed by atoms with E-state index < -0.39 is 0 Å². The van der Waals surface area contributed by atoms with Gasteiger partial charge in [-0.25, -0.2) is 4.98 Å². The topological polar surface area (TPSA) is 48.1 Å². The Bertz CT molecular complexity index is 609. The third-order valence-electron chi connectivity index (χ3n) is 3.56. The molecule has 0 spiro atoms. The predicted molar refractivity (Wildman–Crippen MR) is 94.4 cm³/mol. The average molecular weight is 318 g/mol. The highest BCUT2D eigenvalue weighted by molar-refractivity contribution is 7.13. The molecule has 0 unspecified atom stereocenters. The number of hydrogen-bond donors (Lipinski definition) is 1. The van der Waals surface area contributed by atoms with Gasteiger partial charge in [-0.2, -0.15) is 0 Å². The monoisotopic (exact) mass is 318 g/mol. The maximum Gasteiger partial charge on any atom is 0.180 e. The number of ether oxygens (including phenoxy) is 1. The molecular weight excluding hydrogens is 292 g/mol. The highest BCUT2D eigenvalue weighted by atomic mass is 32.1. The van der Waals surface area contributed by atoms with E-state index >= 15 is 0 Å². The van der Waals surface area contributed by atoms with Crippen molar-refractivity contribution in [3.8, 4) is 5.75 Å². The van der Waals surface area contributed by atoms with Crippen LogP contribution in [-0.4, -0.2) is 4.98 Å². The van der Waals surface area contributed by atoms with Gasteiger partial charge in [-0.15, -0.1) is 11.3 Å². The lowest BCUT2D eigenvalue weighted by molar-refractivity contribution is 0.283. The standard InChI is InChI=1S/C18H26N2OS/c1-17(2,3)12-18(4,5)13-6-8-15(9-7-13)21-10-14-11-22-16(19)20-14/h6-9,11H,10,12H2,1-5H3,(H2,19,20). The third kappa shape index (κ3) is 4.73. The first kappa shape index (κ1) is 16.8. The molecular formula is C18H26N2OS. The minimum absolute atomic E-state index is 0.153. The molecule has 0 saturated heterocycles. The van der Waals surface area contributed by atoms with Crippen molar-refractivity contribution in [3.63, 3.8) is 0 Å². The Kier molecular flexibility index (Phi) is 4.81. The largest absolute Gasteiger partial charge is 0.487 e. The van der Waals surface area contributed by atoms with Gasteiger partial charge in [0.05, 0.1) is 5.69 Å². The van der Waals surface area contributed by atoms with Crippen LogP contribution in [0.2, 0.25) is 0 Å². The first-order chi connectivity index (χ1) is 10.2. The van der Waals surface area contributed by atoms with Crippen molar-refractivity contribution in [2.45, 2.75) is 53.1 Å². The zero-order valence-electron chi connectivity index (χ0n) is 14.1. The number of nitrogens with two attached hydrogens (primary N) is 1. The van der Waals surface area contributed by atoms with Crippen molar-refractivity contribution < 1.29 is 4.74 Å². The van der Waals surface area contributed by atoms with Crippen molar-refractivity contribution in [1.29, 1.82) is 0 Å². The molecule has 1 aromatic carbocycles. The van der Waals surface area contributed by atoms with Gasteiger partial charge in [0.25, 0.3) is 0 Å². The van der Waals surface area contributed by atoms with Crippen LogP contribution in [0.3, 0.4) is 0 Å². The number of hydrogen-bond acceptors (Lipinski definition) is 4. The van der Waals surface area contributed by atoms with Crippen LogP contribution in [0.4, 0.5) is 5.13 Å². The van der Waals surface area contributed by atoms with E-state index in [4.69, 9.17) is 10.5 Å². The fraction of sp³-hybridized carbons (Fsp3) is 0.500. The Morgan fingerprint density at radius 1 is 1.09 bits per heavy atom. The Morgan fingerprint density at radius 3 is 2.23 bits per heavy atom. The summed E-state index contributed by atoms with van der Waals surface area (Å²) < 4.78 is 5.76. The van der Waals surface area contributed by atoms with Crippen LogP contribution in [0.25, 0.3) is 0 Å². The molecule has 1 heterocycles. The second-order valence-corrected chi connectivity index (χ2v) is 8.50. The van der Waals surface area contributed by atoms with Crippen molar-refractivity contribution in [1.82, 2.24) is 4.98 Å². The van der Waals surface area contributed by atoms with E-state index in [2.05, 4.69) is 51.7 Å². The molecule has 0 saturated carbocycles. The van der Waals surface area contributed by atoms with Crippen LogP contribution in [0.5, 0.6) is 5.75 Å². The van der Waals surface area contributed by atoms with Gasteiger partial charge in [-0.1, -0.05) is 46.8 Å². The van der Waals surface area contributed by atoms with Gasteiger partial charge < -0.3 is 10.5 Å². The van der Waals surface area contributed by atoms with E-state index in [1.807, 2.05) is 17.5 Å². The smallest absolute Gasteiger partial charge is 0.180 e. The van der Waals surface area contributed by atoms with Crippen molar-refractivity contribution in [2.75, 3.05) is 5.73 Å². The number of nitrogens with zero attached hydrogens (tertiary/aromatic N) is 1. The Labute approximate surface area is 137 Å². The summed E-state index contributed by atoms with van der Waals surface area (Å²) >= 11 is 1.44. The highest BCUT2D eigenvalue weighted by Crippen LogP contribution is 2.36. The molecule has 0 aliphatic rings. The number of rotatable bonds is 5. The zero-order chi connectivity index (χ0) is 16.4. The maximum absolute atomic E-state index is 5.76. The van der Waals surface area contributed by atoms with Gasteiger partial charge >= 0.3 is 0 Å². The van der Waals surface area contributed by atoms with Gasteiger partial charge in [0.2, 0.25) is 0 Å². The first-order valence-electron chi connectivity index (χ1n) is 7.59. The molecule has 22 heavy (non-hydrogen) atoms.